The number of halogens is 1. The molecule has 4 heteroatoms. The summed E-state index contributed by atoms with van der Waals surface area (Å²) in [6, 6.07) is 39.7. The maximum absolute atomic E-state index is 8.15. The standard InChI is InChI=1S/C25H19ClNPS/c26-28(20-12-4-1-5-13-20,21-14-6-2-7-15-21,22-16-8-3-9-17-22)25-27-23-18-10-11-19-24(23)29-25/h1-19H. The minimum atomic E-state index is -3.52. The topological polar surface area (TPSA) is 12.9 Å². The van der Waals surface area contributed by atoms with Crippen LogP contribution >= 0.6 is 28.5 Å². The van der Waals surface area contributed by atoms with Crippen LogP contribution in [0.1, 0.15) is 0 Å². The molecule has 5 rings (SSSR count). The molecular formula is C25H19ClNPS. The SMILES string of the molecule is ClP(c1ccccc1)(c1ccccc1)(c1ccccc1)c1nc2ccccc2s1. The molecule has 0 unspecified atom stereocenters. The Labute approximate surface area is 179 Å². The molecule has 0 saturated carbocycles. The first kappa shape index (κ1) is 18.5. The van der Waals surface area contributed by atoms with Crippen molar-refractivity contribution in [3.8, 4) is 0 Å². The van der Waals surface area contributed by atoms with Gasteiger partial charge in [0.05, 0.1) is 0 Å². The third-order valence-corrected chi connectivity index (χ3v) is 14.7. The Bertz CT molecular complexity index is 1140. The third-order valence-electron chi connectivity index (χ3n) is 5.37. The van der Waals surface area contributed by atoms with E-state index in [2.05, 4.69) is 91.0 Å². The first-order chi connectivity index (χ1) is 14.2. The summed E-state index contributed by atoms with van der Waals surface area (Å²) >= 11 is 9.85. The Morgan fingerprint density at radius 2 is 0.966 bits per heavy atom. The molecule has 1 aromatic heterocycles. The van der Waals surface area contributed by atoms with E-state index in [1.165, 1.54) is 0 Å². The van der Waals surface area contributed by atoms with E-state index < -0.39 is 5.96 Å². The summed E-state index contributed by atoms with van der Waals surface area (Å²) in [5, 5.41) is 3.32. The maximum atomic E-state index is 8.15. The quantitative estimate of drug-likeness (QED) is 0.337. The van der Waals surface area contributed by atoms with Crippen LogP contribution in [0.25, 0.3) is 10.2 Å². The Morgan fingerprint density at radius 1 is 0.552 bits per heavy atom. The van der Waals surface area contributed by atoms with Crippen LogP contribution in [0.4, 0.5) is 0 Å². The molecule has 0 aliphatic heterocycles. The van der Waals surface area contributed by atoms with E-state index in [0.717, 1.165) is 30.9 Å². The third kappa shape index (κ3) is 2.68. The van der Waals surface area contributed by atoms with Crippen molar-refractivity contribution in [2.24, 2.45) is 0 Å². The van der Waals surface area contributed by atoms with E-state index in [9.17, 15) is 0 Å². The first-order valence-corrected chi connectivity index (χ1v) is 13.4. The predicted molar refractivity (Wildman–Crippen MR) is 130 cm³/mol. The van der Waals surface area contributed by atoms with E-state index in [1.807, 2.05) is 24.3 Å². The summed E-state index contributed by atoms with van der Waals surface area (Å²) in [4.78, 5) is 5.13. The van der Waals surface area contributed by atoms with Gasteiger partial charge in [-0.25, -0.2) is 0 Å². The van der Waals surface area contributed by atoms with E-state index in [1.54, 1.807) is 11.3 Å². The molecule has 0 bridgehead atoms. The molecule has 0 aliphatic carbocycles. The van der Waals surface area contributed by atoms with Gasteiger partial charge in [-0.2, -0.15) is 0 Å². The molecule has 0 radical (unpaired) electrons. The summed E-state index contributed by atoms with van der Waals surface area (Å²) in [6.07, 6.45) is 0. The molecule has 4 aromatic carbocycles. The minimum absolute atomic E-state index is 0.975. The van der Waals surface area contributed by atoms with Gasteiger partial charge in [-0.05, 0) is 0 Å². The molecule has 29 heavy (non-hydrogen) atoms. The Kier molecular flexibility index (Phi) is 4.52. The zero-order valence-corrected chi connectivity index (χ0v) is 18.1. The van der Waals surface area contributed by atoms with E-state index >= 15 is 0 Å². The molecule has 1 heterocycles. The second-order valence-electron chi connectivity index (χ2n) is 6.98. The molecule has 0 fully saturated rings. The predicted octanol–water partition coefficient (Wildman–Crippen LogP) is 5.61. The number of para-hydroxylation sites is 1. The van der Waals surface area contributed by atoms with E-state index in [-0.39, 0.29) is 0 Å². The molecule has 0 N–H and O–H groups in total. The van der Waals surface area contributed by atoms with Gasteiger partial charge in [0.25, 0.3) is 0 Å². The van der Waals surface area contributed by atoms with Crippen molar-refractivity contribution in [1.29, 1.82) is 0 Å². The van der Waals surface area contributed by atoms with Gasteiger partial charge < -0.3 is 0 Å². The van der Waals surface area contributed by atoms with Gasteiger partial charge in [-0.3, -0.25) is 0 Å². The number of nitrogens with zero attached hydrogens (tertiary/aromatic N) is 1. The second kappa shape index (κ2) is 7.07. The van der Waals surface area contributed by atoms with Crippen LogP contribution in [0, 0.1) is 0 Å². The zero-order chi connectivity index (χ0) is 19.8. The van der Waals surface area contributed by atoms with Crippen molar-refractivity contribution in [3.63, 3.8) is 0 Å². The van der Waals surface area contributed by atoms with Gasteiger partial charge >= 0.3 is 180 Å². The second-order valence-corrected chi connectivity index (χ2v) is 14.3. The number of benzene rings is 4. The number of rotatable bonds is 4. The molecule has 0 atom stereocenters. The Balaban J connectivity index is 2.00. The molecule has 0 saturated heterocycles. The van der Waals surface area contributed by atoms with Crippen molar-refractivity contribution < 1.29 is 0 Å². The Morgan fingerprint density at radius 3 is 1.41 bits per heavy atom. The average Bonchev–Trinajstić information content (AvgIpc) is 3.26. The van der Waals surface area contributed by atoms with Gasteiger partial charge in [0.2, 0.25) is 0 Å². The number of fused-ring (bicyclic) bond motifs is 1. The van der Waals surface area contributed by atoms with Crippen molar-refractivity contribution in [2.45, 2.75) is 0 Å². The average molecular weight is 432 g/mol. The van der Waals surface area contributed by atoms with Gasteiger partial charge in [-0.1, -0.05) is 0 Å². The van der Waals surface area contributed by atoms with Crippen LogP contribution in [-0.4, -0.2) is 4.98 Å². The van der Waals surface area contributed by atoms with E-state index in [0.29, 0.717) is 0 Å². The number of thiazole rings is 1. The van der Waals surface area contributed by atoms with Crippen molar-refractivity contribution in [1.82, 2.24) is 4.98 Å². The summed E-state index contributed by atoms with van der Waals surface area (Å²) < 4.78 is 2.13. The van der Waals surface area contributed by atoms with Gasteiger partial charge in [0.1, 0.15) is 0 Å². The number of hydrogen-bond acceptors (Lipinski definition) is 2. The van der Waals surface area contributed by atoms with Crippen LogP contribution in [0.2, 0.25) is 0 Å². The summed E-state index contributed by atoms with van der Waals surface area (Å²) in [7, 11) is 0. The molecule has 142 valence electrons. The van der Waals surface area contributed by atoms with Gasteiger partial charge in [0.15, 0.2) is 0 Å². The first-order valence-electron chi connectivity index (χ1n) is 9.48. The van der Waals surface area contributed by atoms with Gasteiger partial charge in [-0.15, -0.1) is 0 Å². The van der Waals surface area contributed by atoms with E-state index in [4.69, 9.17) is 16.2 Å². The van der Waals surface area contributed by atoms with Crippen molar-refractivity contribution >= 4 is 59.4 Å². The van der Waals surface area contributed by atoms with Crippen molar-refractivity contribution in [3.05, 3.63) is 115 Å². The fraction of sp³-hybridized carbons (Fsp3) is 0. The molecular weight excluding hydrogens is 413 g/mol. The monoisotopic (exact) mass is 431 g/mol. The fourth-order valence-electron chi connectivity index (χ4n) is 3.94. The zero-order valence-electron chi connectivity index (χ0n) is 15.7. The van der Waals surface area contributed by atoms with Crippen molar-refractivity contribution in [2.75, 3.05) is 0 Å². The molecule has 0 spiro atoms. The van der Waals surface area contributed by atoms with Crippen LogP contribution in [0.15, 0.2) is 115 Å². The molecule has 0 aliphatic rings. The number of aromatic nitrogens is 1. The molecule has 1 nitrogen and oxygen atoms in total. The van der Waals surface area contributed by atoms with Crippen LogP contribution in [-0.2, 0) is 0 Å². The molecule has 0 amide bonds. The van der Waals surface area contributed by atoms with Gasteiger partial charge in [0, 0.05) is 0 Å². The summed E-state index contributed by atoms with van der Waals surface area (Å²) in [6.45, 7) is 0. The van der Waals surface area contributed by atoms with Crippen LogP contribution in [0.5, 0.6) is 0 Å². The number of hydrogen-bond donors (Lipinski definition) is 0. The fourth-order valence-corrected chi connectivity index (χ4v) is 12.1. The van der Waals surface area contributed by atoms with Crippen LogP contribution < -0.4 is 20.7 Å². The normalized spacial score (nSPS) is 13.1. The summed E-state index contributed by atoms with van der Waals surface area (Å²) in [5.41, 5.74) is 0.991. The summed E-state index contributed by atoms with van der Waals surface area (Å²) in [5.74, 6) is -3.52. The molecule has 5 aromatic rings. The Hall–Kier alpha value is -2.51. The van der Waals surface area contributed by atoms with Crippen LogP contribution in [0.3, 0.4) is 0 Å².